The number of nitrogens with zero attached hydrogens (tertiary/aromatic N) is 4. The fourth-order valence-corrected chi connectivity index (χ4v) is 6.11. The molecule has 1 saturated carbocycles. The lowest BCUT2D eigenvalue weighted by Crippen LogP contribution is -2.42. The highest BCUT2D eigenvalue weighted by molar-refractivity contribution is 5.91. The number of hydrogen-bond donors (Lipinski definition) is 2. The highest BCUT2D eigenvalue weighted by Gasteiger charge is 2.63. The molecule has 5 heterocycles. The highest BCUT2D eigenvalue weighted by Crippen LogP contribution is 2.54. The van der Waals surface area contributed by atoms with Crippen LogP contribution in [0.25, 0.3) is 0 Å². The number of likely N-dealkylation sites (tertiary alicyclic amines) is 1. The van der Waals surface area contributed by atoms with Crippen molar-refractivity contribution in [3.63, 3.8) is 0 Å². The van der Waals surface area contributed by atoms with Crippen molar-refractivity contribution >= 4 is 18.3 Å². The Morgan fingerprint density at radius 2 is 2.03 bits per heavy atom. The van der Waals surface area contributed by atoms with E-state index in [0.717, 1.165) is 57.3 Å². The van der Waals surface area contributed by atoms with Crippen LogP contribution < -0.4 is 5.32 Å². The van der Waals surface area contributed by atoms with Gasteiger partial charge in [-0.15, -0.1) is 10.2 Å². The number of ether oxygens (including phenoxy) is 1. The average molecular weight is 446 g/mol. The minimum Gasteiger partial charge on any atom is -0.483 e. The van der Waals surface area contributed by atoms with E-state index in [1.807, 2.05) is 9.47 Å². The van der Waals surface area contributed by atoms with Gasteiger partial charge in [0.15, 0.2) is 0 Å². The second-order valence-electron chi connectivity index (χ2n) is 9.74. The van der Waals surface area contributed by atoms with Crippen LogP contribution in [0.3, 0.4) is 0 Å². The van der Waals surface area contributed by atoms with Gasteiger partial charge >= 0.3 is 0 Å². The maximum absolute atomic E-state index is 13.3. The lowest BCUT2D eigenvalue weighted by molar-refractivity contribution is -0.123. The Hall–Kier alpha value is -2.49. The molecule has 32 heavy (non-hydrogen) atoms. The van der Waals surface area contributed by atoms with Gasteiger partial charge in [0, 0.05) is 43.8 Å². The first-order valence-corrected chi connectivity index (χ1v) is 11.8. The molecule has 0 radical (unpaired) electrons. The first-order valence-electron chi connectivity index (χ1n) is 11.8. The quantitative estimate of drug-likeness (QED) is 0.658. The second kappa shape index (κ2) is 8.46. The van der Waals surface area contributed by atoms with Gasteiger partial charge in [-0.05, 0) is 38.5 Å². The minimum atomic E-state index is -0.250. The molecule has 0 aromatic carbocycles. The summed E-state index contributed by atoms with van der Waals surface area (Å²) in [7, 11) is 0. The van der Waals surface area contributed by atoms with Crippen LogP contribution >= 0.6 is 0 Å². The molecule has 1 aliphatic carbocycles. The van der Waals surface area contributed by atoms with Crippen molar-refractivity contribution in [3.8, 4) is 0 Å². The van der Waals surface area contributed by atoms with Crippen molar-refractivity contribution in [2.75, 3.05) is 19.6 Å². The Morgan fingerprint density at radius 3 is 2.81 bits per heavy atom. The zero-order valence-corrected chi connectivity index (χ0v) is 18.2. The van der Waals surface area contributed by atoms with E-state index in [0.29, 0.717) is 37.3 Å². The summed E-state index contributed by atoms with van der Waals surface area (Å²) in [6, 6.07) is 0. The summed E-state index contributed by atoms with van der Waals surface area (Å²) in [5.41, 5.74) is -0.225. The molecule has 4 atom stereocenters. The molecule has 2 bridgehead atoms. The van der Waals surface area contributed by atoms with Crippen LogP contribution in [-0.2, 0) is 27.3 Å². The second-order valence-corrected chi connectivity index (χ2v) is 9.74. The lowest BCUT2D eigenvalue weighted by atomic mass is 9.73. The Balaban J connectivity index is 0.000000684. The molecule has 4 aliphatic heterocycles. The van der Waals surface area contributed by atoms with Gasteiger partial charge in [-0.25, -0.2) is 0 Å². The van der Waals surface area contributed by atoms with Gasteiger partial charge in [0.25, 0.3) is 12.4 Å². The fourth-order valence-electron chi connectivity index (χ4n) is 6.11. The predicted octanol–water partition coefficient (Wildman–Crippen LogP) is 0.851. The van der Waals surface area contributed by atoms with Gasteiger partial charge < -0.3 is 24.6 Å². The third kappa shape index (κ3) is 3.68. The standard InChI is InChI=1S/C21H29N5O3.CH2O2/c27-19(13-5-6-13)22-10-14-15-11-25(12-21(15)8-7-16(14)29-21)20(28)18-24-23-17-4-2-1-3-9-26(17)18;2-1-3/h13-16H,1-12H2,(H,22,27);1H,(H,2,3)/t14-,15+,16+,21+;/m0./s1. The van der Waals surface area contributed by atoms with Crippen molar-refractivity contribution in [1.29, 1.82) is 0 Å². The molecule has 2 N–H and O–H groups in total. The van der Waals surface area contributed by atoms with E-state index in [9.17, 15) is 9.59 Å². The largest absolute Gasteiger partial charge is 0.483 e. The molecular weight excluding hydrogens is 414 g/mol. The van der Waals surface area contributed by atoms with Gasteiger partial charge in [0.1, 0.15) is 5.82 Å². The molecule has 2 amide bonds. The van der Waals surface area contributed by atoms with Crippen LogP contribution in [0.4, 0.5) is 0 Å². The van der Waals surface area contributed by atoms with E-state index in [1.54, 1.807) is 0 Å². The van der Waals surface area contributed by atoms with Gasteiger partial charge in [0.05, 0.1) is 18.2 Å². The average Bonchev–Trinajstić information content (AvgIpc) is 3.26. The maximum Gasteiger partial charge on any atom is 0.291 e. The highest BCUT2D eigenvalue weighted by atomic mass is 16.5. The van der Waals surface area contributed by atoms with Gasteiger partial charge in [-0.2, -0.15) is 0 Å². The van der Waals surface area contributed by atoms with Crippen LogP contribution in [0.1, 0.15) is 61.4 Å². The van der Waals surface area contributed by atoms with Crippen molar-refractivity contribution in [2.24, 2.45) is 17.8 Å². The zero-order valence-electron chi connectivity index (χ0n) is 18.2. The third-order valence-electron chi connectivity index (χ3n) is 7.83. The number of hydrogen-bond acceptors (Lipinski definition) is 6. The van der Waals surface area contributed by atoms with Crippen LogP contribution in [0, 0.1) is 17.8 Å². The number of carbonyl (C=O) groups is 3. The normalized spacial score (nSPS) is 32.4. The van der Waals surface area contributed by atoms with E-state index >= 15 is 0 Å². The summed E-state index contributed by atoms with van der Waals surface area (Å²) in [4.78, 5) is 35.8. The van der Waals surface area contributed by atoms with Gasteiger partial charge in [-0.1, -0.05) is 6.42 Å². The van der Waals surface area contributed by atoms with Crippen LogP contribution in [0.15, 0.2) is 0 Å². The maximum atomic E-state index is 13.3. The lowest BCUT2D eigenvalue weighted by Gasteiger charge is -2.29. The smallest absolute Gasteiger partial charge is 0.291 e. The molecule has 4 fully saturated rings. The molecular formula is C22H31N5O5. The number of nitrogens with one attached hydrogen (secondary N) is 1. The molecule has 1 aromatic heterocycles. The predicted molar refractivity (Wildman–Crippen MR) is 112 cm³/mol. The van der Waals surface area contributed by atoms with E-state index in [1.165, 1.54) is 6.42 Å². The van der Waals surface area contributed by atoms with Gasteiger partial charge in [-0.3, -0.25) is 14.4 Å². The fraction of sp³-hybridized carbons (Fsp3) is 0.773. The molecule has 174 valence electrons. The molecule has 1 spiro atoms. The van der Waals surface area contributed by atoms with Crippen LogP contribution in [0.2, 0.25) is 0 Å². The summed E-state index contributed by atoms with van der Waals surface area (Å²) in [5, 5.41) is 18.6. The Bertz CT molecular complexity index is 899. The third-order valence-corrected chi connectivity index (χ3v) is 7.83. The summed E-state index contributed by atoms with van der Waals surface area (Å²) < 4.78 is 8.48. The van der Waals surface area contributed by atoms with E-state index in [-0.39, 0.29) is 35.9 Å². The number of aryl methyl sites for hydroxylation is 1. The summed E-state index contributed by atoms with van der Waals surface area (Å²) in [6.45, 7) is 2.60. The zero-order chi connectivity index (χ0) is 22.3. The number of fused-ring (bicyclic) bond motifs is 2. The number of carboxylic acid groups (broad SMARTS) is 1. The number of rotatable bonds is 4. The first-order chi connectivity index (χ1) is 15.6. The topological polar surface area (TPSA) is 127 Å². The SMILES string of the molecule is O=C(NC[C@H]1[C@H]2CN(C(=O)c3nnc4n3CCCCC4)C[C@]23CC[C@H]1O3)C1CC1.O=CO. The summed E-state index contributed by atoms with van der Waals surface area (Å²) >= 11 is 0. The molecule has 10 nitrogen and oxygen atoms in total. The van der Waals surface area contributed by atoms with Gasteiger partial charge in [0.2, 0.25) is 11.7 Å². The van der Waals surface area contributed by atoms with Crippen LogP contribution in [-0.4, -0.2) is 74.4 Å². The molecule has 1 aromatic rings. The minimum absolute atomic E-state index is 0.0118. The summed E-state index contributed by atoms with van der Waals surface area (Å²) in [6.07, 6.45) is 8.58. The van der Waals surface area contributed by atoms with Crippen molar-refractivity contribution in [2.45, 2.75) is 69.6 Å². The molecule has 5 aliphatic rings. The Labute approximate surface area is 186 Å². The summed E-state index contributed by atoms with van der Waals surface area (Å²) in [5.74, 6) is 2.46. The first kappa shape index (κ1) is 21.4. The van der Waals surface area contributed by atoms with Crippen molar-refractivity contribution < 1.29 is 24.2 Å². The van der Waals surface area contributed by atoms with E-state index in [2.05, 4.69) is 15.5 Å². The number of carbonyl (C=O) groups excluding carboxylic acids is 2. The van der Waals surface area contributed by atoms with Crippen molar-refractivity contribution in [3.05, 3.63) is 11.6 Å². The number of amides is 2. The number of aromatic nitrogens is 3. The van der Waals surface area contributed by atoms with E-state index in [4.69, 9.17) is 14.6 Å². The molecule has 0 unspecified atom stereocenters. The van der Waals surface area contributed by atoms with Crippen LogP contribution in [0.5, 0.6) is 0 Å². The molecule has 10 heteroatoms. The van der Waals surface area contributed by atoms with E-state index < -0.39 is 0 Å². The monoisotopic (exact) mass is 445 g/mol. The Morgan fingerprint density at radius 1 is 1.22 bits per heavy atom. The van der Waals surface area contributed by atoms with Crippen molar-refractivity contribution in [1.82, 2.24) is 25.0 Å². The molecule has 3 saturated heterocycles. The molecule has 6 rings (SSSR count). The Kier molecular flexibility index (Phi) is 5.65.